The lowest BCUT2D eigenvalue weighted by Crippen LogP contribution is -2.22. The fraction of sp³-hybridized carbons (Fsp3) is 0.188. The van der Waals surface area contributed by atoms with E-state index in [4.69, 9.17) is 11.1 Å². The van der Waals surface area contributed by atoms with Crippen molar-refractivity contribution in [2.24, 2.45) is 5.73 Å². The number of nitrogens with one attached hydrogen (secondary N) is 1. The number of halogens is 1. The van der Waals surface area contributed by atoms with Crippen molar-refractivity contribution >= 4 is 11.5 Å². The van der Waals surface area contributed by atoms with Crippen molar-refractivity contribution in [3.63, 3.8) is 0 Å². The van der Waals surface area contributed by atoms with E-state index in [1.807, 2.05) is 24.3 Å². The molecule has 0 saturated heterocycles. The average Bonchev–Trinajstić information content (AvgIpc) is 2.46. The van der Waals surface area contributed by atoms with E-state index in [-0.39, 0.29) is 11.7 Å². The molecular formula is C16H18FN3. The number of nitrogens with two attached hydrogens (primary N) is 1. The number of nitrogen functional groups attached to an aromatic ring is 1. The molecule has 3 N–H and O–H groups in total. The molecule has 0 radical (unpaired) electrons. The van der Waals surface area contributed by atoms with Crippen LogP contribution in [0.1, 0.15) is 18.1 Å². The third-order valence-electron chi connectivity index (χ3n) is 3.21. The van der Waals surface area contributed by atoms with Crippen LogP contribution >= 0.6 is 0 Å². The summed E-state index contributed by atoms with van der Waals surface area (Å²) < 4.78 is 13.0. The summed E-state index contributed by atoms with van der Waals surface area (Å²) in [5.74, 6) is -0.155. The van der Waals surface area contributed by atoms with Gasteiger partial charge < -0.3 is 10.6 Å². The maximum absolute atomic E-state index is 13.0. The molecule has 2 aromatic rings. The zero-order chi connectivity index (χ0) is 14.5. The number of anilines is 1. The Morgan fingerprint density at radius 3 is 2.20 bits per heavy atom. The number of amidine groups is 1. The Morgan fingerprint density at radius 1 is 1.10 bits per heavy atom. The van der Waals surface area contributed by atoms with Gasteiger partial charge in [0.2, 0.25) is 0 Å². The lowest BCUT2D eigenvalue weighted by Gasteiger charge is -2.23. The van der Waals surface area contributed by atoms with Crippen molar-refractivity contribution in [2.75, 3.05) is 11.4 Å². The van der Waals surface area contributed by atoms with Gasteiger partial charge in [-0.2, -0.15) is 0 Å². The highest BCUT2D eigenvalue weighted by molar-refractivity contribution is 5.94. The van der Waals surface area contributed by atoms with Crippen LogP contribution in [0.2, 0.25) is 0 Å². The molecule has 3 nitrogen and oxygen atoms in total. The summed E-state index contributed by atoms with van der Waals surface area (Å²) >= 11 is 0. The predicted octanol–water partition coefficient (Wildman–Crippen LogP) is 3.14. The van der Waals surface area contributed by atoms with Gasteiger partial charge in [0.15, 0.2) is 0 Å². The molecule has 0 aliphatic heterocycles. The summed E-state index contributed by atoms with van der Waals surface area (Å²) in [4.78, 5) is 2.15. The first-order valence-corrected chi connectivity index (χ1v) is 6.54. The molecule has 0 aromatic heterocycles. The number of hydrogen-bond acceptors (Lipinski definition) is 2. The van der Waals surface area contributed by atoms with Crippen LogP contribution in [0.5, 0.6) is 0 Å². The van der Waals surface area contributed by atoms with Crippen molar-refractivity contribution in [2.45, 2.75) is 13.5 Å². The monoisotopic (exact) mass is 271 g/mol. The summed E-state index contributed by atoms with van der Waals surface area (Å²) in [7, 11) is 0. The molecule has 2 aromatic carbocycles. The Labute approximate surface area is 118 Å². The number of hydrogen-bond donors (Lipinski definition) is 2. The average molecular weight is 271 g/mol. The van der Waals surface area contributed by atoms with Gasteiger partial charge in [-0.05, 0) is 36.8 Å². The first-order valence-electron chi connectivity index (χ1n) is 6.54. The minimum Gasteiger partial charge on any atom is -0.384 e. The van der Waals surface area contributed by atoms with E-state index >= 15 is 0 Å². The highest BCUT2D eigenvalue weighted by atomic mass is 19.1. The van der Waals surface area contributed by atoms with Gasteiger partial charge in [-0.25, -0.2) is 4.39 Å². The van der Waals surface area contributed by atoms with E-state index < -0.39 is 0 Å². The van der Waals surface area contributed by atoms with Crippen LogP contribution in [0.15, 0.2) is 48.5 Å². The molecular weight excluding hydrogens is 253 g/mol. The smallest absolute Gasteiger partial charge is 0.123 e. The van der Waals surface area contributed by atoms with Crippen LogP contribution < -0.4 is 10.6 Å². The molecule has 0 aliphatic rings. The van der Waals surface area contributed by atoms with E-state index in [0.717, 1.165) is 29.9 Å². The first kappa shape index (κ1) is 14.1. The largest absolute Gasteiger partial charge is 0.384 e. The van der Waals surface area contributed by atoms with E-state index in [9.17, 15) is 4.39 Å². The van der Waals surface area contributed by atoms with Crippen LogP contribution in [0, 0.1) is 11.2 Å². The van der Waals surface area contributed by atoms with Crippen molar-refractivity contribution in [3.05, 3.63) is 65.5 Å². The van der Waals surface area contributed by atoms with Gasteiger partial charge in [-0.1, -0.05) is 24.3 Å². The van der Waals surface area contributed by atoms with Crippen LogP contribution in [0.25, 0.3) is 0 Å². The standard InChI is InChI=1S/C16H18FN3/c1-2-20(15-9-7-14(17)8-10-15)11-12-3-5-13(6-4-12)16(18)19/h3-10H,2,11H2,1H3,(H3,18,19). The molecule has 0 amide bonds. The van der Waals surface area contributed by atoms with Gasteiger partial charge in [0.25, 0.3) is 0 Å². The third-order valence-corrected chi connectivity index (χ3v) is 3.21. The minimum absolute atomic E-state index is 0.0717. The molecule has 0 bridgehead atoms. The van der Waals surface area contributed by atoms with Gasteiger partial charge in [-0.3, -0.25) is 5.41 Å². The SMILES string of the molecule is CCN(Cc1ccc(C(=N)N)cc1)c1ccc(F)cc1. The highest BCUT2D eigenvalue weighted by Gasteiger charge is 2.06. The Morgan fingerprint density at radius 2 is 1.70 bits per heavy atom. The zero-order valence-electron chi connectivity index (χ0n) is 11.4. The molecule has 4 heteroatoms. The van der Waals surface area contributed by atoms with Crippen molar-refractivity contribution < 1.29 is 4.39 Å². The van der Waals surface area contributed by atoms with E-state index in [2.05, 4.69) is 11.8 Å². The fourth-order valence-corrected chi connectivity index (χ4v) is 2.05. The molecule has 0 spiro atoms. The molecule has 20 heavy (non-hydrogen) atoms. The first-order chi connectivity index (χ1) is 9.60. The molecule has 0 aliphatic carbocycles. The summed E-state index contributed by atoms with van der Waals surface area (Å²) in [5, 5.41) is 7.37. The maximum atomic E-state index is 13.0. The molecule has 2 rings (SSSR count). The van der Waals surface area contributed by atoms with Crippen LogP contribution in [-0.4, -0.2) is 12.4 Å². The third kappa shape index (κ3) is 3.35. The number of rotatable bonds is 5. The molecule has 0 fully saturated rings. The minimum atomic E-state index is -0.226. The van der Waals surface area contributed by atoms with Gasteiger partial charge in [0.1, 0.15) is 11.7 Å². The van der Waals surface area contributed by atoms with E-state index in [0.29, 0.717) is 0 Å². The second-order valence-electron chi connectivity index (χ2n) is 4.60. The summed E-state index contributed by atoms with van der Waals surface area (Å²) in [6.07, 6.45) is 0. The summed E-state index contributed by atoms with van der Waals surface area (Å²) in [6, 6.07) is 14.1. The Hall–Kier alpha value is -2.36. The molecule has 0 atom stereocenters. The van der Waals surface area contributed by atoms with Gasteiger partial charge in [-0.15, -0.1) is 0 Å². The molecule has 0 unspecified atom stereocenters. The molecule has 0 saturated carbocycles. The van der Waals surface area contributed by atoms with Gasteiger partial charge in [0.05, 0.1) is 0 Å². The lowest BCUT2D eigenvalue weighted by molar-refractivity contribution is 0.627. The maximum Gasteiger partial charge on any atom is 0.123 e. The van der Waals surface area contributed by atoms with Crippen molar-refractivity contribution in [1.82, 2.24) is 0 Å². The van der Waals surface area contributed by atoms with E-state index in [1.165, 1.54) is 12.1 Å². The Bertz CT molecular complexity index is 576. The number of nitrogens with zero attached hydrogens (tertiary/aromatic N) is 1. The topological polar surface area (TPSA) is 53.1 Å². The van der Waals surface area contributed by atoms with Crippen LogP contribution in [0.3, 0.4) is 0 Å². The summed E-state index contributed by atoms with van der Waals surface area (Å²) in [6.45, 7) is 3.63. The Kier molecular flexibility index (Phi) is 4.35. The lowest BCUT2D eigenvalue weighted by atomic mass is 10.1. The van der Waals surface area contributed by atoms with Gasteiger partial charge in [0, 0.05) is 24.3 Å². The van der Waals surface area contributed by atoms with Gasteiger partial charge >= 0.3 is 0 Å². The van der Waals surface area contributed by atoms with Crippen molar-refractivity contribution in [3.8, 4) is 0 Å². The quantitative estimate of drug-likeness (QED) is 0.648. The fourth-order valence-electron chi connectivity index (χ4n) is 2.05. The summed E-state index contributed by atoms with van der Waals surface area (Å²) in [5.41, 5.74) is 8.27. The zero-order valence-corrected chi connectivity index (χ0v) is 11.4. The second-order valence-corrected chi connectivity index (χ2v) is 4.60. The number of benzene rings is 2. The molecule has 0 heterocycles. The van der Waals surface area contributed by atoms with E-state index in [1.54, 1.807) is 12.1 Å². The van der Waals surface area contributed by atoms with Crippen LogP contribution in [-0.2, 0) is 6.54 Å². The Balaban J connectivity index is 2.13. The second kappa shape index (κ2) is 6.19. The van der Waals surface area contributed by atoms with Crippen LogP contribution in [0.4, 0.5) is 10.1 Å². The normalized spacial score (nSPS) is 10.3. The predicted molar refractivity (Wildman–Crippen MR) is 80.6 cm³/mol. The molecule has 104 valence electrons. The van der Waals surface area contributed by atoms with Crippen molar-refractivity contribution in [1.29, 1.82) is 5.41 Å². The highest BCUT2D eigenvalue weighted by Crippen LogP contribution is 2.17.